The van der Waals surface area contributed by atoms with Crippen LogP contribution in [0.25, 0.3) is 0 Å². The number of hydrogen-bond acceptors (Lipinski definition) is 4. The normalized spacial score (nSPS) is 13.1. The Kier molecular flexibility index (Phi) is 5.25. The summed E-state index contributed by atoms with van der Waals surface area (Å²) in [5.74, 6) is 0. The number of aliphatic hydroxyl groups is 1. The van der Waals surface area contributed by atoms with Gasteiger partial charge in [0.2, 0.25) is 0 Å². The highest BCUT2D eigenvalue weighted by Crippen LogP contribution is 2.01. The summed E-state index contributed by atoms with van der Waals surface area (Å²) >= 11 is 0. The lowest BCUT2D eigenvalue weighted by Gasteiger charge is -2.19. The van der Waals surface area contributed by atoms with Gasteiger partial charge in [-0.2, -0.15) is 0 Å². The number of hydrogen-bond donors (Lipinski definition) is 1. The van der Waals surface area contributed by atoms with E-state index in [9.17, 15) is 5.11 Å². The predicted molar refractivity (Wildman–Crippen MR) is 58.5 cm³/mol. The number of pyridine rings is 1. The van der Waals surface area contributed by atoms with Crippen LogP contribution in [0.1, 0.15) is 5.56 Å². The standard InChI is InChI=1S/C11H18N2O2/c1-13(8-11(14)9-15-2)7-10-4-3-5-12-6-10/h3-6,11,14H,7-9H2,1-2H3. The average molecular weight is 210 g/mol. The molecule has 0 amide bonds. The molecule has 1 heterocycles. The van der Waals surface area contributed by atoms with Gasteiger partial charge < -0.3 is 9.84 Å². The van der Waals surface area contributed by atoms with Gasteiger partial charge in [-0.25, -0.2) is 0 Å². The maximum atomic E-state index is 9.52. The summed E-state index contributed by atoms with van der Waals surface area (Å²) in [6.07, 6.45) is 3.15. The Morgan fingerprint density at radius 2 is 2.40 bits per heavy atom. The SMILES string of the molecule is COCC(O)CN(C)Cc1cccnc1. The predicted octanol–water partition coefficient (Wildman–Crippen LogP) is 0.521. The maximum absolute atomic E-state index is 9.52. The van der Waals surface area contributed by atoms with Crippen molar-refractivity contribution in [3.8, 4) is 0 Å². The third-order valence-corrected chi connectivity index (χ3v) is 2.06. The van der Waals surface area contributed by atoms with Crippen molar-refractivity contribution in [1.82, 2.24) is 9.88 Å². The molecule has 0 aliphatic carbocycles. The molecule has 0 fully saturated rings. The van der Waals surface area contributed by atoms with Gasteiger partial charge in [-0.15, -0.1) is 0 Å². The summed E-state index contributed by atoms with van der Waals surface area (Å²) in [5, 5.41) is 9.52. The number of aliphatic hydroxyl groups excluding tert-OH is 1. The summed E-state index contributed by atoms with van der Waals surface area (Å²) in [7, 11) is 3.55. The zero-order valence-corrected chi connectivity index (χ0v) is 9.26. The van der Waals surface area contributed by atoms with Gasteiger partial charge in [0.15, 0.2) is 0 Å². The highest BCUT2D eigenvalue weighted by molar-refractivity contribution is 5.07. The molecule has 84 valence electrons. The van der Waals surface area contributed by atoms with Crippen molar-refractivity contribution < 1.29 is 9.84 Å². The van der Waals surface area contributed by atoms with Crippen molar-refractivity contribution in [3.63, 3.8) is 0 Å². The van der Waals surface area contributed by atoms with E-state index in [1.165, 1.54) is 0 Å². The van der Waals surface area contributed by atoms with Crippen LogP contribution in [0, 0.1) is 0 Å². The van der Waals surface area contributed by atoms with Crippen molar-refractivity contribution in [1.29, 1.82) is 0 Å². The zero-order chi connectivity index (χ0) is 11.1. The number of aromatic nitrogens is 1. The summed E-state index contributed by atoms with van der Waals surface area (Å²) in [6, 6.07) is 3.93. The first kappa shape index (κ1) is 12.1. The fourth-order valence-electron chi connectivity index (χ4n) is 1.47. The Morgan fingerprint density at radius 1 is 1.60 bits per heavy atom. The third kappa shape index (κ3) is 4.88. The first-order valence-electron chi connectivity index (χ1n) is 4.97. The van der Waals surface area contributed by atoms with Crippen molar-refractivity contribution in [2.45, 2.75) is 12.6 Å². The summed E-state index contributed by atoms with van der Waals surface area (Å²) in [4.78, 5) is 6.08. The van der Waals surface area contributed by atoms with Gasteiger partial charge in [0.1, 0.15) is 0 Å². The number of likely N-dealkylation sites (N-methyl/N-ethyl adjacent to an activating group) is 1. The molecule has 0 aliphatic rings. The molecule has 0 saturated carbocycles. The van der Waals surface area contributed by atoms with Crippen LogP contribution >= 0.6 is 0 Å². The van der Waals surface area contributed by atoms with Crippen molar-refractivity contribution in [3.05, 3.63) is 30.1 Å². The molecule has 1 rings (SSSR count). The van der Waals surface area contributed by atoms with E-state index in [-0.39, 0.29) is 0 Å². The number of nitrogens with zero attached hydrogens (tertiary/aromatic N) is 2. The minimum atomic E-state index is -0.434. The van der Waals surface area contributed by atoms with E-state index in [0.29, 0.717) is 13.2 Å². The Labute approximate surface area is 90.5 Å². The van der Waals surface area contributed by atoms with Crippen LogP contribution in [0.2, 0.25) is 0 Å². The van der Waals surface area contributed by atoms with Crippen molar-refractivity contribution in [2.24, 2.45) is 0 Å². The first-order chi connectivity index (χ1) is 7.22. The Hall–Kier alpha value is -0.970. The topological polar surface area (TPSA) is 45.6 Å². The van der Waals surface area contributed by atoms with Crippen molar-refractivity contribution in [2.75, 3.05) is 27.3 Å². The van der Waals surface area contributed by atoms with Crippen molar-refractivity contribution >= 4 is 0 Å². The molecular weight excluding hydrogens is 192 g/mol. The van der Waals surface area contributed by atoms with Crippen LogP contribution in [0.3, 0.4) is 0 Å². The van der Waals surface area contributed by atoms with E-state index in [2.05, 4.69) is 4.98 Å². The second-order valence-electron chi connectivity index (χ2n) is 3.67. The van der Waals surface area contributed by atoms with Crippen LogP contribution in [0.15, 0.2) is 24.5 Å². The van der Waals surface area contributed by atoms with Gasteiger partial charge in [-0.05, 0) is 18.7 Å². The fourth-order valence-corrected chi connectivity index (χ4v) is 1.47. The number of methoxy groups -OCH3 is 1. The maximum Gasteiger partial charge on any atom is 0.0900 e. The smallest absolute Gasteiger partial charge is 0.0900 e. The van der Waals surface area contributed by atoms with Crippen LogP contribution in [0.5, 0.6) is 0 Å². The molecule has 1 aromatic heterocycles. The largest absolute Gasteiger partial charge is 0.389 e. The minimum Gasteiger partial charge on any atom is -0.389 e. The molecule has 0 radical (unpaired) electrons. The zero-order valence-electron chi connectivity index (χ0n) is 9.26. The number of rotatable bonds is 6. The lowest BCUT2D eigenvalue weighted by Crippen LogP contribution is -2.31. The number of ether oxygens (including phenoxy) is 1. The van der Waals surface area contributed by atoms with Gasteiger partial charge in [0.05, 0.1) is 12.7 Å². The first-order valence-corrected chi connectivity index (χ1v) is 4.97. The molecular formula is C11H18N2O2. The molecule has 1 atom stereocenters. The highest BCUT2D eigenvalue weighted by atomic mass is 16.5. The quantitative estimate of drug-likeness (QED) is 0.743. The Balaban J connectivity index is 2.33. The van der Waals surface area contributed by atoms with Crippen LogP contribution in [0.4, 0.5) is 0 Å². The molecule has 0 spiro atoms. The molecule has 0 aliphatic heterocycles. The molecule has 1 N–H and O–H groups in total. The van der Waals surface area contributed by atoms with Crippen LogP contribution in [-0.2, 0) is 11.3 Å². The van der Waals surface area contributed by atoms with Gasteiger partial charge in [-0.1, -0.05) is 6.07 Å². The minimum absolute atomic E-state index is 0.372. The summed E-state index contributed by atoms with van der Waals surface area (Å²) in [5.41, 5.74) is 1.14. The van der Waals surface area contributed by atoms with E-state index < -0.39 is 6.10 Å². The highest BCUT2D eigenvalue weighted by Gasteiger charge is 2.07. The lowest BCUT2D eigenvalue weighted by molar-refractivity contribution is 0.0418. The summed E-state index contributed by atoms with van der Waals surface area (Å²) < 4.78 is 4.87. The molecule has 1 aromatic rings. The molecule has 15 heavy (non-hydrogen) atoms. The average Bonchev–Trinajstić information content (AvgIpc) is 2.19. The molecule has 4 heteroatoms. The lowest BCUT2D eigenvalue weighted by atomic mass is 10.2. The van der Waals surface area contributed by atoms with Gasteiger partial charge in [0.25, 0.3) is 0 Å². The molecule has 4 nitrogen and oxygen atoms in total. The van der Waals surface area contributed by atoms with E-state index in [1.54, 1.807) is 13.3 Å². The van der Waals surface area contributed by atoms with Gasteiger partial charge in [0, 0.05) is 32.6 Å². The molecule has 0 bridgehead atoms. The third-order valence-electron chi connectivity index (χ3n) is 2.06. The second-order valence-corrected chi connectivity index (χ2v) is 3.67. The van der Waals surface area contributed by atoms with Gasteiger partial charge >= 0.3 is 0 Å². The van der Waals surface area contributed by atoms with E-state index in [1.807, 2.05) is 30.3 Å². The molecule has 0 saturated heterocycles. The van der Waals surface area contributed by atoms with E-state index >= 15 is 0 Å². The Morgan fingerprint density at radius 3 is 3.00 bits per heavy atom. The monoisotopic (exact) mass is 210 g/mol. The fraction of sp³-hybridized carbons (Fsp3) is 0.545. The van der Waals surface area contributed by atoms with Crippen LogP contribution < -0.4 is 0 Å². The second kappa shape index (κ2) is 6.50. The molecule has 0 aromatic carbocycles. The van der Waals surface area contributed by atoms with E-state index in [0.717, 1.165) is 12.1 Å². The summed E-state index contributed by atoms with van der Waals surface area (Å²) in [6.45, 7) is 1.76. The van der Waals surface area contributed by atoms with Gasteiger partial charge in [-0.3, -0.25) is 9.88 Å². The Bertz CT molecular complexity index is 267. The molecule has 1 unspecified atom stereocenters. The van der Waals surface area contributed by atoms with Crippen LogP contribution in [-0.4, -0.2) is 48.4 Å². The van der Waals surface area contributed by atoms with E-state index in [4.69, 9.17) is 4.74 Å².